The highest BCUT2D eigenvalue weighted by molar-refractivity contribution is 6.44. The van der Waals surface area contributed by atoms with E-state index in [9.17, 15) is 4.79 Å². The number of aryl methyl sites for hydroxylation is 1. The lowest BCUT2D eigenvalue weighted by Gasteiger charge is -2.09. The maximum atomic E-state index is 12.5. The van der Waals surface area contributed by atoms with Gasteiger partial charge in [0.2, 0.25) is 0 Å². The Kier molecular flexibility index (Phi) is 4.04. The summed E-state index contributed by atoms with van der Waals surface area (Å²) < 4.78 is 1.79. The van der Waals surface area contributed by atoms with E-state index < -0.39 is 0 Å². The van der Waals surface area contributed by atoms with Gasteiger partial charge in [0.25, 0.3) is 5.91 Å². The number of benzene rings is 2. The predicted octanol–water partition coefficient (Wildman–Crippen LogP) is 5.39. The van der Waals surface area contributed by atoms with Crippen molar-refractivity contribution in [1.29, 1.82) is 0 Å². The van der Waals surface area contributed by atoms with Gasteiger partial charge in [-0.1, -0.05) is 46.9 Å². The van der Waals surface area contributed by atoms with Gasteiger partial charge >= 0.3 is 0 Å². The molecule has 0 radical (unpaired) electrons. The van der Waals surface area contributed by atoms with Gasteiger partial charge in [-0.3, -0.25) is 4.79 Å². The summed E-state index contributed by atoms with van der Waals surface area (Å²) in [4.78, 5) is 12.5. The molecule has 0 spiro atoms. The second-order valence-electron chi connectivity index (χ2n) is 4.82. The minimum Gasteiger partial charge on any atom is -0.340 e. The van der Waals surface area contributed by atoms with Crippen LogP contribution in [0.3, 0.4) is 0 Å². The van der Waals surface area contributed by atoms with Crippen LogP contribution in [-0.2, 0) is 7.05 Å². The van der Waals surface area contributed by atoms with E-state index >= 15 is 0 Å². The van der Waals surface area contributed by atoms with Crippen molar-refractivity contribution in [2.75, 3.05) is 5.32 Å². The molecule has 0 bridgehead atoms. The molecule has 0 fully saturated rings. The van der Waals surface area contributed by atoms with Crippen molar-refractivity contribution >= 4 is 57.3 Å². The number of carbonyl (C=O) groups excluding carboxylic acids is 1. The van der Waals surface area contributed by atoms with E-state index in [1.165, 1.54) is 0 Å². The molecule has 0 atom stereocenters. The number of carbonyl (C=O) groups is 1. The minimum atomic E-state index is -0.279. The largest absolute Gasteiger partial charge is 0.340 e. The summed E-state index contributed by atoms with van der Waals surface area (Å²) in [7, 11) is 1.81. The molecule has 0 saturated carbocycles. The fraction of sp³-hybridized carbons (Fsp3) is 0.0625. The smallest absolute Gasteiger partial charge is 0.272 e. The number of nitrogens with one attached hydrogen (secondary N) is 1. The Bertz CT molecular complexity index is 886. The Morgan fingerprint density at radius 2 is 1.73 bits per heavy atom. The summed E-state index contributed by atoms with van der Waals surface area (Å²) in [6.45, 7) is 0. The Morgan fingerprint density at radius 3 is 2.45 bits per heavy atom. The molecule has 112 valence electrons. The van der Waals surface area contributed by atoms with Gasteiger partial charge in [-0.05, 0) is 30.3 Å². The zero-order chi connectivity index (χ0) is 15.9. The van der Waals surface area contributed by atoms with Crippen LogP contribution in [0.25, 0.3) is 10.9 Å². The first-order valence-electron chi connectivity index (χ1n) is 6.48. The maximum Gasteiger partial charge on any atom is 0.272 e. The third-order valence-corrected chi connectivity index (χ3v) is 4.61. The lowest BCUT2D eigenvalue weighted by Crippen LogP contribution is -2.15. The van der Waals surface area contributed by atoms with Crippen molar-refractivity contribution in [2.24, 2.45) is 7.05 Å². The molecule has 2 aromatic carbocycles. The molecule has 3 rings (SSSR count). The highest BCUT2D eigenvalue weighted by atomic mass is 35.5. The standard InChI is InChI=1S/C16H11Cl3N2O/c1-21-13-7-3-4-10(17)9(13)8-14(21)16(22)20-12-6-2-5-11(18)15(12)19/h2-8H,1H3,(H,20,22). The van der Waals surface area contributed by atoms with Gasteiger partial charge in [0.05, 0.1) is 15.7 Å². The van der Waals surface area contributed by atoms with Crippen LogP contribution in [0.5, 0.6) is 0 Å². The van der Waals surface area contributed by atoms with Gasteiger partial charge in [-0.15, -0.1) is 0 Å². The van der Waals surface area contributed by atoms with Gasteiger partial charge in [0.1, 0.15) is 5.69 Å². The van der Waals surface area contributed by atoms with E-state index in [4.69, 9.17) is 34.8 Å². The summed E-state index contributed by atoms with van der Waals surface area (Å²) in [5.74, 6) is -0.279. The van der Waals surface area contributed by atoms with Crippen molar-refractivity contribution in [1.82, 2.24) is 4.57 Å². The number of nitrogens with zero attached hydrogens (tertiary/aromatic N) is 1. The normalized spacial score (nSPS) is 10.9. The van der Waals surface area contributed by atoms with Gasteiger partial charge in [-0.25, -0.2) is 0 Å². The first-order chi connectivity index (χ1) is 10.5. The van der Waals surface area contributed by atoms with E-state index in [2.05, 4.69) is 5.32 Å². The number of hydrogen-bond donors (Lipinski definition) is 1. The zero-order valence-corrected chi connectivity index (χ0v) is 13.8. The fourth-order valence-electron chi connectivity index (χ4n) is 2.33. The third kappa shape index (κ3) is 2.56. The summed E-state index contributed by atoms with van der Waals surface area (Å²) in [5, 5.41) is 4.90. The number of halogens is 3. The topological polar surface area (TPSA) is 34.0 Å². The molecule has 3 aromatic rings. The van der Waals surface area contributed by atoms with Gasteiger partial charge in [-0.2, -0.15) is 0 Å². The molecular weight excluding hydrogens is 343 g/mol. The van der Waals surface area contributed by atoms with Gasteiger partial charge in [0.15, 0.2) is 0 Å². The maximum absolute atomic E-state index is 12.5. The van der Waals surface area contributed by atoms with Crippen LogP contribution in [0, 0.1) is 0 Å². The molecule has 1 N–H and O–H groups in total. The van der Waals surface area contributed by atoms with Crippen LogP contribution < -0.4 is 5.32 Å². The molecule has 1 aromatic heterocycles. The van der Waals surface area contributed by atoms with E-state index in [1.807, 2.05) is 19.2 Å². The number of hydrogen-bond acceptors (Lipinski definition) is 1. The first-order valence-corrected chi connectivity index (χ1v) is 7.61. The number of anilines is 1. The fourth-order valence-corrected chi connectivity index (χ4v) is 2.90. The average Bonchev–Trinajstić information content (AvgIpc) is 2.83. The monoisotopic (exact) mass is 352 g/mol. The number of fused-ring (bicyclic) bond motifs is 1. The van der Waals surface area contributed by atoms with Crippen LogP contribution in [0.1, 0.15) is 10.5 Å². The Balaban J connectivity index is 2.01. The zero-order valence-electron chi connectivity index (χ0n) is 11.5. The highest BCUT2D eigenvalue weighted by Gasteiger charge is 2.16. The van der Waals surface area contributed by atoms with E-state index in [-0.39, 0.29) is 5.91 Å². The van der Waals surface area contributed by atoms with E-state index in [0.717, 1.165) is 10.9 Å². The third-order valence-electron chi connectivity index (χ3n) is 3.47. The molecule has 0 aliphatic heterocycles. The average molecular weight is 354 g/mol. The molecule has 6 heteroatoms. The van der Waals surface area contributed by atoms with E-state index in [1.54, 1.807) is 34.9 Å². The lowest BCUT2D eigenvalue weighted by molar-refractivity contribution is 0.102. The van der Waals surface area contributed by atoms with Crippen LogP contribution >= 0.6 is 34.8 Å². The van der Waals surface area contributed by atoms with Crippen LogP contribution in [0.15, 0.2) is 42.5 Å². The van der Waals surface area contributed by atoms with Gasteiger partial charge in [0, 0.05) is 23.0 Å². The van der Waals surface area contributed by atoms with Crippen LogP contribution in [-0.4, -0.2) is 10.5 Å². The summed E-state index contributed by atoms with van der Waals surface area (Å²) in [6, 6.07) is 12.4. The molecule has 3 nitrogen and oxygen atoms in total. The first kappa shape index (κ1) is 15.2. The minimum absolute atomic E-state index is 0.279. The van der Waals surface area contributed by atoms with Crippen molar-refractivity contribution in [2.45, 2.75) is 0 Å². The van der Waals surface area contributed by atoms with Crippen molar-refractivity contribution in [3.05, 3.63) is 63.2 Å². The molecule has 0 saturated heterocycles. The van der Waals surface area contributed by atoms with Crippen LogP contribution in [0.4, 0.5) is 5.69 Å². The molecule has 0 unspecified atom stereocenters. The summed E-state index contributed by atoms with van der Waals surface area (Å²) >= 11 is 18.2. The number of aromatic nitrogens is 1. The van der Waals surface area contributed by atoms with Crippen molar-refractivity contribution < 1.29 is 4.79 Å². The molecular formula is C16H11Cl3N2O. The van der Waals surface area contributed by atoms with E-state index in [0.29, 0.717) is 26.4 Å². The van der Waals surface area contributed by atoms with Crippen molar-refractivity contribution in [3.8, 4) is 0 Å². The van der Waals surface area contributed by atoms with Crippen molar-refractivity contribution in [3.63, 3.8) is 0 Å². The van der Waals surface area contributed by atoms with Gasteiger partial charge < -0.3 is 9.88 Å². The predicted molar refractivity (Wildman–Crippen MR) is 92.3 cm³/mol. The molecule has 22 heavy (non-hydrogen) atoms. The summed E-state index contributed by atoms with van der Waals surface area (Å²) in [6.07, 6.45) is 0. The molecule has 1 amide bonds. The molecule has 1 heterocycles. The highest BCUT2D eigenvalue weighted by Crippen LogP contribution is 2.31. The van der Waals surface area contributed by atoms with Crippen LogP contribution in [0.2, 0.25) is 15.1 Å². The Labute approximate surface area is 142 Å². The summed E-state index contributed by atoms with van der Waals surface area (Å²) in [5.41, 5.74) is 1.84. The Hall–Kier alpha value is -1.68. The molecule has 0 aliphatic rings. The lowest BCUT2D eigenvalue weighted by atomic mass is 10.2. The second kappa shape index (κ2) is 5.84. The number of amides is 1. The Morgan fingerprint density at radius 1 is 1.05 bits per heavy atom. The SMILES string of the molecule is Cn1c(C(=O)Nc2cccc(Cl)c2Cl)cc2c(Cl)cccc21. The quantitative estimate of drug-likeness (QED) is 0.658. The second-order valence-corrected chi connectivity index (χ2v) is 6.01. The number of rotatable bonds is 2. The molecule has 0 aliphatic carbocycles.